The molecule has 3 rings (SSSR count). The minimum absolute atomic E-state index is 0.161. The van der Waals surface area contributed by atoms with Crippen molar-refractivity contribution in [1.82, 2.24) is 9.78 Å². The van der Waals surface area contributed by atoms with E-state index in [9.17, 15) is 22.4 Å². The zero-order chi connectivity index (χ0) is 17.6. The molecule has 1 aliphatic heterocycles. The SMILES string of the molecule is CC1CCc2cc(F)ccc2N1C(=O)c1cc(C(F)(F)F)nn1C. The van der Waals surface area contributed by atoms with E-state index in [-0.39, 0.29) is 11.7 Å². The molecule has 0 saturated carbocycles. The number of aryl methyl sites for hydroxylation is 2. The van der Waals surface area contributed by atoms with E-state index in [1.54, 1.807) is 0 Å². The van der Waals surface area contributed by atoms with E-state index in [0.717, 1.165) is 10.7 Å². The fourth-order valence-corrected chi connectivity index (χ4v) is 2.96. The average molecular weight is 341 g/mol. The highest BCUT2D eigenvalue weighted by Gasteiger charge is 2.37. The summed E-state index contributed by atoms with van der Waals surface area (Å²) in [5, 5.41) is 3.38. The lowest BCUT2D eigenvalue weighted by Gasteiger charge is -2.35. The second-order valence-corrected chi connectivity index (χ2v) is 5.87. The molecular formula is C16H15F4N3O. The lowest BCUT2D eigenvalue weighted by molar-refractivity contribution is -0.141. The van der Waals surface area contributed by atoms with Crippen LogP contribution in [0.1, 0.15) is 35.1 Å². The van der Waals surface area contributed by atoms with Gasteiger partial charge in [0.1, 0.15) is 11.5 Å². The summed E-state index contributed by atoms with van der Waals surface area (Å²) in [5.74, 6) is -0.990. The first-order valence-electron chi connectivity index (χ1n) is 7.41. The van der Waals surface area contributed by atoms with Crippen LogP contribution in [0.15, 0.2) is 24.3 Å². The van der Waals surface area contributed by atoms with Gasteiger partial charge in [0.15, 0.2) is 5.69 Å². The molecule has 24 heavy (non-hydrogen) atoms. The molecule has 0 radical (unpaired) electrons. The summed E-state index contributed by atoms with van der Waals surface area (Å²) in [4.78, 5) is 14.2. The molecule has 2 heterocycles. The van der Waals surface area contributed by atoms with E-state index in [4.69, 9.17) is 0 Å². The molecule has 0 aliphatic carbocycles. The molecular weight excluding hydrogens is 326 g/mol. The van der Waals surface area contributed by atoms with Crippen LogP contribution in [0.25, 0.3) is 0 Å². The number of rotatable bonds is 1. The van der Waals surface area contributed by atoms with Gasteiger partial charge in [-0.05, 0) is 43.5 Å². The maximum Gasteiger partial charge on any atom is 0.435 e. The predicted octanol–water partition coefficient (Wildman–Crippen LogP) is 3.56. The summed E-state index contributed by atoms with van der Waals surface area (Å²) in [6, 6.07) is 4.61. The maximum absolute atomic E-state index is 13.4. The van der Waals surface area contributed by atoms with Crippen LogP contribution >= 0.6 is 0 Å². The van der Waals surface area contributed by atoms with Gasteiger partial charge in [-0.15, -0.1) is 0 Å². The number of aromatic nitrogens is 2. The molecule has 1 aliphatic rings. The summed E-state index contributed by atoms with van der Waals surface area (Å²) in [7, 11) is 1.29. The molecule has 8 heteroatoms. The molecule has 0 saturated heterocycles. The van der Waals surface area contributed by atoms with Gasteiger partial charge in [-0.1, -0.05) is 0 Å². The topological polar surface area (TPSA) is 38.1 Å². The van der Waals surface area contributed by atoms with Crippen LogP contribution < -0.4 is 4.90 Å². The first kappa shape index (κ1) is 16.5. The third-order valence-corrected chi connectivity index (χ3v) is 4.18. The minimum atomic E-state index is -4.62. The van der Waals surface area contributed by atoms with Gasteiger partial charge in [-0.2, -0.15) is 18.3 Å². The zero-order valence-electron chi connectivity index (χ0n) is 13.1. The van der Waals surface area contributed by atoms with Crippen molar-refractivity contribution in [2.45, 2.75) is 32.0 Å². The van der Waals surface area contributed by atoms with Crippen molar-refractivity contribution in [2.24, 2.45) is 7.05 Å². The smallest absolute Gasteiger partial charge is 0.304 e. The van der Waals surface area contributed by atoms with E-state index in [0.29, 0.717) is 24.1 Å². The molecule has 0 fully saturated rings. The van der Waals surface area contributed by atoms with Gasteiger partial charge in [0, 0.05) is 24.8 Å². The number of carbonyl (C=O) groups excluding carboxylic acids is 1. The van der Waals surface area contributed by atoms with Crippen molar-refractivity contribution < 1.29 is 22.4 Å². The van der Waals surface area contributed by atoms with E-state index < -0.39 is 23.6 Å². The molecule has 1 unspecified atom stereocenters. The lowest BCUT2D eigenvalue weighted by atomic mass is 9.96. The quantitative estimate of drug-likeness (QED) is 0.744. The Morgan fingerprint density at radius 3 is 2.62 bits per heavy atom. The number of nitrogens with zero attached hydrogens (tertiary/aromatic N) is 3. The monoisotopic (exact) mass is 341 g/mol. The molecule has 0 bridgehead atoms. The van der Waals surface area contributed by atoms with Crippen LogP contribution in [0.4, 0.5) is 23.2 Å². The van der Waals surface area contributed by atoms with E-state index in [1.165, 1.54) is 30.1 Å². The second kappa shape index (κ2) is 5.61. The molecule has 1 aromatic heterocycles. The van der Waals surface area contributed by atoms with Crippen LogP contribution in [0, 0.1) is 5.82 Å². The molecule has 2 aromatic rings. The zero-order valence-corrected chi connectivity index (χ0v) is 13.1. The normalized spacial score (nSPS) is 17.8. The molecule has 0 spiro atoms. The molecule has 0 N–H and O–H groups in total. The fraction of sp³-hybridized carbons (Fsp3) is 0.375. The first-order chi connectivity index (χ1) is 11.2. The molecule has 1 aromatic carbocycles. The summed E-state index contributed by atoms with van der Waals surface area (Å²) < 4.78 is 52.7. The Bertz CT molecular complexity index is 797. The number of hydrogen-bond donors (Lipinski definition) is 0. The summed E-state index contributed by atoms with van der Waals surface area (Å²) in [5.41, 5.74) is -0.0849. The fourth-order valence-electron chi connectivity index (χ4n) is 2.96. The minimum Gasteiger partial charge on any atom is -0.304 e. The van der Waals surface area contributed by atoms with E-state index in [1.807, 2.05) is 6.92 Å². The summed E-state index contributed by atoms with van der Waals surface area (Å²) in [6.45, 7) is 1.81. The van der Waals surface area contributed by atoms with Crippen molar-refractivity contribution in [3.05, 3.63) is 47.0 Å². The van der Waals surface area contributed by atoms with Crippen LogP contribution in [-0.2, 0) is 19.6 Å². The number of benzene rings is 1. The molecule has 1 atom stereocenters. The van der Waals surface area contributed by atoms with Gasteiger partial charge in [0.2, 0.25) is 0 Å². The van der Waals surface area contributed by atoms with Crippen molar-refractivity contribution in [3.63, 3.8) is 0 Å². The number of hydrogen-bond acceptors (Lipinski definition) is 2. The van der Waals surface area contributed by atoms with Crippen molar-refractivity contribution in [1.29, 1.82) is 0 Å². The molecule has 4 nitrogen and oxygen atoms in total. The number of amides is 1. The summed E-state index contributed by atoms with van der Waals surface area (Å²) >= 11 is 0. The van der Waals surface area contributed by atoms with Gasteiger partial charge in [0.25, 0.3) is 5.91 Å². The Labute approximate surface area is 135 Å². The number of alkyl halides is 3. The second-order valence-electron chi connectivity index (χ2n) is 5.87. The van der Waals surface area contributed by atoms with Gasteiger partial charge < -0.3 is 4.90 Å². The van der Waals surface area contributed by atoms with Crippen LogP contribution in [0.5, 0.6) is 0 Å². The lowest BCUT2D eigenvalue weighted by Crippen LogP contribution is -2.42. The van der Waals surface area contributed by atoms with Gasteiger partial charge in [0.05, 0.1) is 0 Å². The summed E-state index contributed by atoms with van der Waals surface area (Å²) in [6.07, 6.45) is -3.41. The standard InChI is InChI=1S/C16H15F4N3O/c1-9-3-4-10-7-11(17)5-6-12(10)23(9)15(24)13-8-14(16(18,19)20)21-22(13)2/h5-9H,3-4H2,1-2H3. The number of fused-ring (bicyclic) bond motifs is 1. The number of carbonyl (C=O) groups is 1. The van der Waals surface area contributed by atoms with Gasteiger partial charge in [-0.3, -0.25) is 9.48 Å². The Balaban J connectivity index is 2.03. The first-order valence-corrected chi connectivity index (χ1v) is 7.41. The number of halogens is 4. The number of anilines is 1. The Kier molecular flexibility index (Phi) is 3.85. The highest BCUT2D eigenvalue weighted by molar-refractivity contribution is 6.06. The average Bonchev–Trinajstić information content (AvgIpc) is 2.89. The highest BCUT2D eigenvalue weighted by Crippen LogP contribution is 2.34. The van der Waals surface area contributed by atoms with Crippen LogP contribution in [0.3, 0.4) is 0 Å². The molecule has 128 valence electrons. The molecule has 1 amide bonds. The van der Waals surface area contributed by atoms with Crippen LogP contribution in [-0.4, -0.2) is 21.7 Å². The third kappa shape index (κ3) is 2.76. The Morgan fingerprint density at radius 1 is 1.29 bits per heavy atom. The van der Waals surface area contributed by atoms with Crippen molar-refractivity contribution in [3.8, 4) is 0 Å². The Hall–Kier alpha value is -2.38. The highest BCUT2D eigenvalue weighted by atomic mass is 19.4. The van der Waals surface area contributed by atoms with E-state index in [2.05, 4.69) is 5.10 Å². The largest absolute Gasteiger partial charge is 0.435 e. The Morgan fingerprint density at radius 2 is 2.00 bits per heavy atom. The van der Waals surface area contributed by atoms with Gasteiger partial charge >= 0.3 is 6.18 Å². The predicted molar refractivity (Wildman–Crippen MR) is 79.2 cm³/mol. The van der Waals surface area contributed by atoms with E-state index >= 15 is 0 Å². The van der Waals surface area contributed by atoms with Gasteiger partial charge in [-0.25, -0.2) is 4.39 Å². The van der Waals surface area contributed by atoms with Crippen molar-refractivity contribution >= 4 is 11.6 Å². The van der Waals surface area contributed by atoms with Crippen LogP contribution in [0.2, 0.25) is 0 Å². The van der Waals surface area contributed by atoms with Crippen molar-refractivity contribution in [2.75, 3.05) is 4.90 Å². The maximum atomic E-state index is 13.4. The third-order valence-electron chi connectivity index (χ3n) is 4.18.